The van der Waals surface area contributed by atoms with E-state index in [-0.39, 0.29) is 0 Å². The normalized spacial score (nSPS) is 24.1. The average Bonchev–Trinajstić information content (AvgIpc) is 2.62. The Morgan fingerprint density at radius 2 is 2.27 bits per heavy atom. The lowest BCUT2D eigenvalue weighted by Crippen LogP contribution is -2.28. The third-order valence-corrected chi connectivity index (χ3v) is 3.77. The van der Waals surface area contributed by atoms with Gasteiger partial charge in [0, 0.05) is 19.1 Å². The van der Waals surface area contributed by atoms with Gasteiger partial charge in [-0.05, 0) is 31.4 Å². The highest BCUT2D eigenvalue weighted by molar-refractivity contribution is 6.34. The summed E-state index contributed by atoms with van der Waals surface area (Å²) in [5.41, 5.74) is 2.42. The Hall–Kier alpha value is -0.890. The smallest absolute Gasteiger partial charge is 0.0767 e. The minimum absolute atomic E-state index is 0.720. The predicted octanol–water partition coefficient (Wildman–Crippen LogP) is 3.12. The maximum Gasteiger partial charge on any atom is 0.0767 e. The highest BCUT2D eigenvalue weighted by Crippen LogP contribution is 2.39. The number of nitrogens with one attached hydrogen (secondary N) is 1. The maximum atomic E-state index is 6.22. The minimum atomic E-state index is 0.720. The molecule has 2 aliphatic rings. The van der Waals surface area contributed by atoms with Crippen molar-refractivity contribution in [1.82, 2.24) is 0 Å². The fourth-order valence-electron chi connectivity index (χ4n) is 2.74. The molecule has 15 heavy (non-hydrogen) atoms. The van der Waals surface area contributed by atoms with Crippen LogP contribution in [0.3, 0.4) is 0 Å². The molecule has 1 saturated heterocycles. The lowest BCUT2D eigenvalue weighted by molar-refractivity contribution is 0.638. The van der Waals surface area contributed by atoms with Crippen LogP contribution in [0.25, 0.3) is 0 Å². The van der Waals surface area contributed by atoms with Gasteiger partial charge in [0.25, 0.3) is 0 Å². The summed E-state index contributed by atoms with van der Waals surface area (Å²) in [4.78, 5) is 2.52. The van der Waals surface area contributed by atoms with Crippen LogP contribution in [0.5, 0.6) is 0 Å². The van der Waals surface area contributed by atoms with E-state index in [0.717, 1.165) is 23.3 Å². The second-order valence-corrected chi connectivity index (χ2v) is 4.75. The molecule has 80 valence electrons. The average molecular weight is 223 g/mol. The third-order valence-electron chi connectivity index (χ3n) is 3.46. The first-order valence-corrected chi connectivity index (χ1v) is 6.03. The molecule has 3 rings (SSSR count). The second-order valence-electron chi connectivity index (χ2n) is 4.34. The predicted molar refractivity (Wildman–Crippen MR) is 64.9 cm³/mol. The number of rotatable bonds is 0. The Bertz CT molecular complexity index is 378. The second kappa shape index (κ2) is 3.60. The van der Waals surface area contributed by atoms with Crippen LogP contribution in [0.15, 0.2) is 18.2 Å². The molecule has 0 aliphatic carbocycles. The summed E-state index contributed by atoms with van der Waals surface area (Å²) < 4.78 is 0. The molecular formula is C12H15ClN2. The molecule has 2 aliphatic heterocycles. The summed E-state index contributed by atoms with van der Waals surface area (Å²) in [6.07, 6.45) is 3.87. The molecule has 0 amide bonds. The van der Waals surface area contributed by atoms with Crippen LogP contribution < -0.4 is 10.2 Å². The Balaban J connectivity index is 2.09. The summed E-state index contributed by atoms with van der Waals surface area (Å²) in [6.45, 7) is 2.22. The first-order chi connectivity index (χ1) is 7.36. The zero-order valence-corrected chi connectivity index (χ0v) is 9.43. The topological polar surface area (TPSA) is 15.3 Å². The van der Waals surface area contributed by atoms with Gasteiger partial charge in [0.2, 0.25) is 0 Å². The molecule has 1 N–H and O–H groups in total. The molecule has 0 radical (unpaired) electrons. The number of benzene rings is 1. The van der Waals surface area contributed by atoms with Crippen molar-refractivity contribution in [2.75, 3.05) is 23.3 Å². The molecule has 1 fully saturated rings. The van der Waals surface area contributed by atoms with Crippen molar-refractivity contribution in [3.63, 3.8) is 0 Å². The summed E-state index contributed by atoms with van der Waals surface area (Å²) in [7, 11) is 0. The Morgan fingerprint density at radius 3 is 3.20 bits per heavy atom. The van der Waals surface area contributed by atoms with E-state index in [2.05, 4.69) is 16.3 Å². The van der Waals surface area contributed by atoms with Crippen molar-refractivity contribution in [3.05, 3.63) is 23.2 Å². The summed E-state index contributed by atoms with van der Waals surface area (Å²) >= 11 is 6.22. The zero-order valence-electron chi connectivity index (χ0n) is 8.67. The maximum absolute atomic E-state index is 6.22. The molecular weight excluding hydrogens is 208 g/mol. The van der Waals surface area contributed by atoms with Crippen LogP contribution in [-0.2, 0) is 0 Å². The minimum Gasteiger partial charge on any atom is -0.382 e. The van der Waals surface area contributed by atoms with Crippen molar-refractivity contribution < 1.29 is 0 Å². The van der Waals surface area contributed by atoms with Gasteiger partial charge in [-0.25, -0.2) is 0 Å². The zero-order chi connectivity index (χ0) is 10.3. The van der Waals surface area contributed by atoms with Gasteiger partial charge in [-0.2, -0.15) is 0 Å². The van der Waals surface area contributed by atoms with Gasteiger partial charge in [-0.3, -0.25) is 0 Å². The molecule has 1 unspecified atom stereocenters. The molecule has 0 bridgehead atoms. The van der Waals surface area contributed by atoms with E-state index in [1.54, 1.807) is 0 Å². The highest BCUT2D eigenvalue weighted by atomic mass is 35.5. The number of hydrogen-bond acceptors (Lipinski definition) is 2. The fraction of sp³-hybridized carbons (Fsp3) is 0.500. The number of hydrogen-bond donors (Lipinski definition) is 1. The van der Waals surface area contributed by atoms with Crippen LogP contribution in [0, 0.1) is 0 Å². The molecule has 1 atom stereocenters. The van der Waals surface area contributed by atoms with E-state index in [9.17, 15) is 0 Å². The van der Waals surface area contributed by atoms with E-state index < -0.39 is 0 Å². The van der Waals surface area contributed by atoms with Crippen LogP contribution >= 0.6 is 11.6 Å². The summed E-state index contributed by atoms with van der Waals surface area (Å²) in [5.74, 6) is 0. The molecule has 2 heterocycles. The van der Waals surface area contributed by atoms with Crippen LogP contribution in [-0.4, -0.2) is 19.1 Å². The van der Waals surface area contributed by atoms with Gasteiger partial charge in [0.15, 0.2) is 0 Å². The first-order valence-electron chi connectivity index (χ1n) is 5.65. The van der Waals surface area contributed by atoms with Gasteiger partial charge in [0.1, 0.15) is 0 Å². The Labute approximate surface area is 95.2 Å². The lowest BCUT2D eigenvalue weighted by Gasteiger charge is -2.25. The van der Waals surface area contributed by atoms with Crippen molar-refractivity contribution in [2.45, 2.75) is 25.3 Å². The fourth-order valence-corrected chi connectivity index (χ4v) is 2.98. The standard InChI is InChI=1S/C12H15ClN2/c13-10-4-1-5-11-12(10)14-7-6-9-3-2-8-15(9)11/h1,4-5,9,14H,2-3,6-8H2. The first kappa shape index (κ1) is 9.34. The van der Waals surface area contributed by atoms with E-state index in [4.69, 9.17) is 11.6 Å². The van der Waals surface area contributed by atoms with Gasteiger partial charge in [-0.1, -0.05) is 17.7 Å². The highest BCUT2D eigenvalue weighted by Gasteiger charge is 2.28. The van der Waals surface area contributed by atoms with E-state index >= 15 is 0 Å². The Morgan fingerprint density at radius 1 is 1.33 bits per heavy atom. The van der Waals surface area contributed by atoms with Gasteiger partial charge in [-0.15, -0.1) is 0 Å². The number of fused-ring (bicyclic) bond motifs is 3. The number of halogens is 1. The number of para-hydroxylation sites is 1. The van der Waals surface area contributed by atoms with Gasteiger partial charge < -0.3 is 10.2 Å². The molecule has 2 nitrogen and oxygen atoms in total. The molecule has 1 aromatic rings. The van der Waals surface area contributed by atoms with Crippen molar-refractivity contribution in [3.8, 4) is 0 Å². The van der Waals surface area contributed by atoms with Gasteiger partial charge >= 0.3 is 0 Å². The third kappa shape index (κ3) is 1.48. The molecule has 0 saturated carbocycles. The lowest BCUT2D eigenvalue weighted by atomic mass is 10.1. The van der Waals surface area contributed by atoms with E-state index in [1.165, 1.54) is 31.5 Å². The van der Waals surface area contributed by atoms with E-state index in [1.807, 2.05) is 12.1 Å². The van der Waals surface area contributed by atoms with Crippen LogP contribution in [0.4, 0.5) is 11.4 Å². The van der Waals surface area contributed by atoms with E-state index in [0.29, 0.717) is 0 Å². The number of anilines is 2. The molecule has 0 aromatic heterocycles. The molecule has 3 heteroatoms. The van der Waals surface area contributed by atoms with Crippen LogP contribution in [0.2, 0.25) is 5.02 Å². The quantitative estimate of drug-likeness (QED) is 0.726. The number of nitrogens with zero attached hydrogens (tertiary/aromatic N) is 1. The SMILES string of the molecule is Clc1cccc2c1NCCC1CCCN21. The monoisotopic (exact) mass is 222 g/mol. The Kier molecular flexibility index (Phi) is 2.24. The summed E-state index contributed by atoms with van der Waals surface area (Å²) in [6, 6.07) is 6.91. The largest absolute Gasteiger partial charge is 0.382 e. The van der Waals surface area contributed by atoms with Crippen molar-refractivity contribution in [1.29, 1.82) is 0 Å². The van der Waals surface area contributed by atoms with Crippen molar-refractivity contribution in [2.24, 2.45) is 0 Å². The molecule has 1 aromatic carbocycles. The van der Waals surface area contributed by atoms with Crippen molar-refractivity contribution >= 4 is 23.0 Å². The molecule has 0 spiro atoms. The van der Waals surface area contributed by atoms with Crippen LogP contribution in [0.1, 0.15) is 19.3 Å². The van der Waals surface area contributed by atoms with Gasteiger partial charge in [0.05, 0.1) is 16.4 Å². The summed E-state index contributed by atoms with van der Waals surface area (Å²) in [5, 5.41) is 4.30.